The van der Waals surface area contributed by atoms with Crippen molar-refractivity contribution in [1.29, 1.82) is 0 Å². The SMILES string of the molecule is Fc1c(F)c(F)c2c(P(c3ccccc3)C(F)(F)F)cccc2c1F. The summed E-state index contributed by atoms with van der Waals surface area (Å²) in [6.45, 7) is 0. The summed E-state index contributed by atoms with van der Waals surface area (Å²) < 4.78 is 96.2. The summed E-state index contributed by atoms with van der Waals surface area (Å²) in [4.78, 5) is 0. The van der Waals surface area contributed by atoms with Crippen LogP contribution < -0.4 is 10.6 Å². The predicted molar refractivity (Wildman–Crippen MR) is 82.5 cm³/mol. The van der Waals surface area contributed by atoms with E-state index in [2.05, 4.69) is 0 Å². The molecule has 0 saturated heterocycles. The summed E-state index contributed by atoms with van der Waals surface area (Å²) in [6, 6.07) is 9.58. The highest BCUT2D eigenvalue weighted by atomic mass is 31.1. The minimum Gasteiger partial charge on any atom is -0.203 e. The second kappa shape index (κ2) is 6.30. The molecule has 0 fully saturated rings. The molecule has 130 valence electrons. The van der Waals surface area contributed by atoms with Crippen LogP contribution in [0.3, 0.4) is 0 Å². The molecule has 0 aliphatic carbocycles. The Morgan fingerprint density at radius 1 is 0.640 bits per heavy atom. The number of halogens is 7. The van der Waals surface area contributed by atoms with Gasteiger partial charge < -0.3 is 0 Å². The largest absolute Gasteiger partial charge is 0.413 e. The molecule has 0 aromatic heterocycles. The summed E-state index contributed by atoms with van der Waals surface area (Å²) in [5.41, 5.74) is 0. The maximum Gasteiger partial charge on any atom is 0.413 e. The van der Waals surface area contributed by atoms with E-state index in [0.717, 1.165) is 18.2 Å². The molecule has 25 heavy (non-hydrogen) atoms. The molecule has 0 radical (unpaired) electrons. The second-order valence-corrected chi connectivity index (χ2v) is 7.27. The van der Waals surface area contributed by atoms with E-state index < -0.39 is 53.2 Å². The van der Waals surface area contributed by atoms with E-state index in [4.69, 9.17) is 0 Å². The Morgan fingerprint density at radius 2 is 1.24 bits per heavy atom. The lowest BCUT2D eigenvalue weighted by atomic mass is 10.1. The highest BCUT2D eigenvalue weighted by Crippen LogP contribution is 2.52. The van der Waals surface area contributed by atoms with Gasteiger partial charge >= 0.3 is 5.92 Å². The number of hydrogen-bond donors (Lipinski definition) is 0. The van der Waals surface area contributed by atoms with E-state index in [1.807, 2.05) is 0 Å². The van der Waals surface area contributed by atoms with Crippen molar-refractivity contribution >= 4 is 29.3 Å². The van der Waals surface area contributed by atoms with Gasteiger partial charge in [0.1, 0.15) is 0 Å². The average molecular weight is 376 g/mol. The van der Waals surface area contributed by atoms with Crippen molar-refractivity contribution < 1.29 is 30.7 Å². The molecule has 0 heterocycles. The molecule has 3 rings (SSSR count). The Morgan fingerprint density at radius 3 is 1.84 bits per heavy atom. The minimum absolute atomic E-state index is 0.165. The molecule has 0 nitrogen and oxygen atoms in total. The van der Waals surface area contributed by atoms with E-state index in [1.54, 1.807) is 0 Å². The Kier molecular flexibility index (Phi) is 4.45. The fourth-order valence-corrected chi connectivity index (χ4v) is 4.55. The summed E-state index contributed by atoms with van der Waals surface area (Å²) in [5.74, 6) is -12.5. The van der Waals surface area contributed by atoms with Crippen molar-refractivity contribution in [2.75, 3.05) is 0 Å². The van der Waals surface area contributed by atoms with Gasteiger partial charge in [-0.25, -0.2) is 17.6 Å². The molecule has 1 unspecified atom stereocenters. The van der Waals surface area contributed by atoms with Crippen LogP contribution in [0.1, 0.15) is 0 Å². The molecule has 8 heteroatoms. The number of hydrogen-bond acceptors (Lipinski definition) is 0. The first-order valence-corrected chi connectivity index (χ1v) is 8.24. The molecule has 3 aromatic rings. The van der Waals surface area contributed by atoms with Crippen LogP contribution in [0.4, 0.5) is 30.7 Å². The lowest BCUT2D eigenvalue weighted by molar-refractivity contribution is -0.0378. The summed E-state index contributed by atoms with van der Waals surface area (Å²) in [5, 5.41) is -2.42. The molecule has 0 bridgehead atoms. The fourth-order valence-electron chi connectivity index (χ4n) is 2.56. The predicted octanol–water partition coefficient (Wildman–Crippen LogP) is 5.35. The standard InChI is InChI=1S/C17H8F7P/c18-13-10-7-4-8-11(12(10)14(19)16(21)15(13)20)25(17(22,23)24)9-5-2-1-3-6-9/h1-8H. The number of fused-ring (bicyclic) bond motifs is 1. The van der Waals surface area contributed by atoms with Crippen LogP contribution in [-0.2, 0) is 0 Å². The zero-order valence-electron chi connectivity index (χ0n) is 12.2. The molecule has 0 spiro atoms. The van der Waals surface area contributed by atoms with E-state index in [0.29, 0.717) is 0 Å². The molecule has 0 N–H and O–H groups in total. The Labute approximate surface area is 138 Å². The molecule has 3 aromatic carbocycles. The van der Waals surface area contributed by atoms with Crippen LogP contribution in [0.15, 0.2) is 48.5 Å². The van der Waals surface area contributed by atoms with Crippen molar-refractivity contribution in [2.45, 2.75) is 5.92 Å². The fraction of sp³-hybridized carbons (Fsp3) is 0.0588. The minimum atomic E-state index is -4.79. The lowest BCUT2D eigenvalue weighted by Crippen LogP contribution is -2.24. The van der Waals surface area contributed by atoms with Gasteiger partial charge in [-0.05, 0) is 5.30 Å². The monoisotopic (exact) mass is 376 g/mol. The van der Waals surface area contributed by atoms with Gasteiger partial charge in [-0.3, -0.25) is 0 Å². The summed E-state index contributed by atoms with van der Waals surface area (Å²) in [6.07, 6.45) is 0. The number of benzene rings is 3. The maximum absolute atomic E-state index is 14.2. The van der Waals surface area contributed by atoms with E-state index in [9.17, 15) is 30.7 Å². The van der Waals surface area contributed by atoms with Crippen LogP contribution in [-0.4, -0.2) is 5.92 Å². The molecule has 0 amide bonds. The maximum atomic E-state index is 14.2. The molecule has 0 aliphatic rings. The molecular formula is C17H8F7P. The lowest BCUT2D eigenvalue weighted by Gasteiger charge is -2.23. The van der Waals surface area contributed by atoms with Gasteiger partial charge in [0.15, 0.2) is 23.3 Å². The first kappa shape index (κ1) is 17.7. The van der Waals surface area contributed by atoms with Crippen molar-refractivity contribution in [3.05, 3.63) is 71.8 Å². The quantitative estimate of drug-likeness (QED) is 0.245. The first-order valence-electron chi connectivity index (χ1n) is 6.90. The molecule has 0 saturated carbocycles. The van der Waals surface area contributed by atoms with Crippen molar-refractivity contribution in [3.8, 4) is 0 Å². The molecule has 1 atom stereocenters. The zero-order chi connectivity index (χ0) is 18.4. The van der Waals surface area contributed by atoms with Crippen LogP contribution >= 0.6 is 7.92 Å². The van der Waals surface area contributed by atoms with Gasteiger partial charge in [-0.15, -0.1) is 0 Å². The highest BCUT2D eigenvalue weighted by molar-refractivity contribution is 7.74. The first-order chi connectivity index (χ1) is 11.7. The Balaban J connectivity index is 2.41. The summed E-state index contributed by atoms with van der Waals surface area (Å²) >= 11 is 0. The third-order valence-electron chi connectivity index (χ3n) is 3.59. The van der Waals surface area contributed by atoms with Gasteiger partial charge in [0.2, 0.25) is 0 Å². The smallest absolute Gasteiger partial charge is 0.203 e. The van der Waals surface area contributed by atoms with Crippen LogP contribution in [0.25, 0.3) is 10.8 Å². The highest BCUT2D eigenvalue weighted by Gasteiger charge is 2.43. The Hall–Kier alpha value is -2.14. The Bertz CT molecular complexity index is 935. The van der Waals surface area contributed by atoms with Crippen LogP contribution in [0.5, 0.6) is 0 Å². The normalized spacial score (nSPS) is 13.2. The molecule has 0 aliphatic heterocycles. The number of rotatable bonds is 2. The van der Waals surface area contributed by atoms with E-state index >= 15 is 0 Å². The van der Waals surface area contributed by atoms with Crippen LogP contribution in [0.2, 0.25) is 0 Å². The van der Waals surface area contributed by atoms with E-state index in [-0.39, 0.29) is 5.30 Å². The molecular weight excluding hydrogens is 368 g/mol. The zero-order valence-corrected chi connectivity index (χ0v) is 13.1. The number of alkyl halides is 3. The second-order valence-electron chi connectivity index (χ2n) is 5.09. The third kappa shape index (κ3) is 2.97. The summed E-state index contributed by atoms with van der Waals surface area (Å²) in [7, 11) is -3.14. The topological polar surface area (TPSA) is 0 Å². The van der Waals surface area contributed by atoms with Crippen molar-refractivity contribution in [1.82, 2.24) is 0 Å². The third-order valence-corrected chi connectivity index (χ3v) is 5.76. The van der Waals surface area contributed by atoms with E-state index in [1.165, 1.54) is 30.3 Å². The van der Waals surface area contributed by atoms with Gasteiger partial charge in [-0.1, -0.05) is 48.5 Å². The van der Waals surface area contributed by atoms with Crippen molar-refractivity contribution in [3.63, 3.8) is 0 Å². The average Bonchev–Trinajstić information content (AvgIpc) is 2.58. The van der Waals surface area contributed by atoms with Gasteiger partial charge in [0, 0.05) is 16.1 Å². The van der Waals surface area contributed by atoms with Crippen LogP contribution in [0, 0.1) is 23.3 Å². The van der Waals surface area contributed by atoms with Gasteiger partial charge in [-0.2, -0.15) is 13.2 Å². The van der Waals surface area contributed by atoms with Gasteiger partial charge in [0.05, 0.1) is 7.92 Å². The van der Waals surface area contributed by atoms with Gasteiger partial charge in [0.25, 0.3) is 0 Å². The van der Waals surface area contributed by atoms with Crippen molar-refractivity contribution in [2.24, 2.45) is 0 Å².